The molecule has 0 aromatic carbocycles. The predicted molar refractivity (Wildman–Crippen MR) is 112 cm³/mol. The van der Waals surface area contributed by atoms with Gasteiger partial charge in [0.2, 0.25) is 5.88 Å². The molecule has 1 atom stereocenters. The zero-order chi connectivity index (χ0) is 22.9. The zero-order valence-corrected chi connectivity index (χ0v) is 18.5. The maximum absolute atomic E-state index is 14.5. The second-order valence-corrected chi connectivity index (χ2v) is 8.68. The highest BCUT2D eigenvalue weighted by molar-refractivity contribution is 9.10. The lowest BCUT2D eigenvalue weighted by Gasteiger charge is -2.40. The fraction of sp³-hybridized carbons (Fsp3) is 0.588. The number of ether oxygens (including phenoxy) is 2. The Morgan fingerprint density at radius 3 is 2.50 bits per heavy atom. The van der Waals surface area contributed by atoms with Crippen LogP contribution in [-0.2, 0) is 4.74 Å². The number of piperazine rings is 1. The summed E-state index contributed by atoms with van der Waals surface area (Å²) in [6.45, 7) is 4.92. The van der Waals surface area contributed by atoms with Crippen LogP contribution in [0.5, 0.6) is 5.88 Å². The Bertz CT molecular complexity index is 819. The van der Waals surface area contributed by atoms with Gasteiger partial charge >= 0.3 is 6.09 Å². The Labute approximate surface area is 186 Å². The number of aliphatic hydroxyl groups is 1. The van der Waals surface area contributed by atoms with E-state index in [1.54, 1.807) is 20.8 Å². The molecule has 1 aromatic rings. The lowest BCUT2D eigenvalue weighted by atomic mass is 9.52. The van der Waals surface area contributed by atoms with E-state index in [9.17, 15) is 19.1 Å². The summed E-state index contributed by atoms with van der Waals surface area (Å²) in [6.07, 6.45) is -0.568. The maximum atomic E-state index is 14.5. The van der Waals surface area contributed by atoms with Gasteiger partial charge in [0.15, 0.2) is 11.5 Å². The highest BCUT2D eigenvalue weighted by Crippen LogP contribution is 2.27. The number of amides is 2. The molecule has 13 heteroatoms. The molecular formula is C17H20B3BrFN3O5. The number of halogens is 2. The van der Waals surface area contributed by atoms with Crippen LogP contribution in [0.2, 0.25) is 0 Å². The van der Waals surface area contributed by atoms with E-state index >= 15 is 0 Å². The molecule has 30 heavy (non-hydrogen) atoms. The molecule has 2 heterocycles. The number of hydrogen-bond donors (Lipinski definition) is 1. The maximum Gasteiger partial charge on any atom is 0.410 e. The van der Waals surface area contributed by atoms with Gasteiger partial charge in [0.25, 0.3) is 5.91 Å². The predicted octanol–water partition coefficient (Wildman–Crippen LogP) is 0.533. The average molecular weight is 478 g/mol. The van der Waals surface area contributed by atoms with Crippen LogP contribution in [0.15, 0.2) is 10.5 Å². The highest BCUT2D eigenvalue weighted by atomic mass is 79.9. The highest BCUT2D eigenvalue weighted by Gasteiger charge is 2.36. The summed E-state index contributed by atoms with van der Waals surface area (Å²) in [5.74, 6) is -2.01. The molecule has 1 saturated heterocycles. The molecule has 1 N–H and O–H groups in total. The van der Waals surface area contributed by atoms with Crippen LogP contribution in [0.25, 0.3) is 0 Å². The number of aliphatic hydroxyl groups excluding tert-OH is 1. The van der Waals surface area contributed by atoms with E-state index in [1.807, 2.05) is 0 Å². The van der Waals surface area contributed by atoms with Crippen molar-refractivity contribution in [1.82, 2.24) is 14.8 Å². The van der Waals surface area contributed by atoms with Crippen molar-refractivity contribution >= 4 is 51.5 Å². The summed E-state index contributed by atoms with van der Waals surface area (Å²) in [5.41, 5.74) is -1.26. The molecule has 2 rings (SSSR count). The van der Waals surface area contributed by atoms with Gasteiger partial charge in [-0.3, -0.25) is 4.79 Å². The van der Waals surface area contributed by atoms with Crippen molar-refractivity contribution in [3.05, 3.63) is 22.1 Å². The largest absolute Gasteiger partial charge is 0.500 e. The number of nitrogens with zero attached hydrogens (tertiary/aromatic N) is 3. The summed E-state index contributed by atoms with van der Waals surface area (Å²) < 4.78 is 24.9. The van der Waals surface area contributed by atoms with E-state index < -0.39 is 47.1 Å². The van der Waals surface area contributed by atoms with Crippen molar-refractivity contribution in [2.24, 2.45) is 0 Å². The second-order valence-electron chi connectivity index (χ2n) is 7.82. The summed E-state index contributed by atoms with van der Waals surface area (Å²) in [5, 5.41) is 7.64. The number of pyridine rings is 1. The Hall–Kier alpha value is -1.75. The lowest BCUT2D eigenvalue weighted by molar-refractivity contribution is -0.00272. The quantitative estimate of drug-likeness (QED) is 0.636. The number of aromatic nitrogens is 1. The van der Waals surface area contributed by atoms with Crippen molar-refractivity contribution in [2.45, 2.75) is 37.7 Å². The fourth-order valence-electron chi connectivity index (χ4n) is 2.75. The molecule has 2 amide bonds. The minimum absolute atomic E-state index is 0.0101. The third kappa shape index (κ3) is 6.37. The van der Waals surface area contributed by atoms with Crippen molar-refractivity contribution < 1.29 is 28.6 Å². The summed E-state index contributed by atoms with van der Waals surface area (Å²) in [6, 6.07) is 0.178. The fourth-order valence-corrected chi connectivity index (χ4v) is 3.12. The van der Waals surface area contributed by atoms with Gasteiger partial charge < -0.3 is 24.4 Å². The van der Waals surface area contributed by atoms with Crippen LogP contribution < -0.4 is 4.74 Å². The first-order valence-electron chi connectivity index (χ1n) is 9.03. The number of carbonyl (C=O) groups excluding carboxylic acids is 2. The smallest absolute Gasteiger partial charge is 0.410 e. The van der Waals surface area contributed by atoms with Crippen molar-refractivity contribution in [2.75, 3.05) is 26.2 Å². The first-order chi connectivity index (χ1) is 13.7. The van der Waals surface area contributed by atoms with Crippen molar-refractivity contribution in [1.29, 1.82) is 0 Å². The van der Waals surface area contributed by atoms with Gasteiger partial charge in [-0.05, 0) is 48.1 Å². The molecule has 0 spiro atoms. The number of rotatable bonds is 4. The van der Waals surface area contributed by atoms with E-state index in [2.05, 4.69) is 20.9 Å². The molecule has 6 radical (unpaired) electrons. The average Bonchev–Trinajstić information content (AvgIpc) is 2.60. The van der Waals surface area contributed by atoms with Gasteiger partial charge in [-0.2, -0.15) is 0 Å². The van der Waals surface area contributed by atoms with E-state index in [4.69, 9.17) is 33.0 Å². The SMILES string of the molecule is [B]C([B])([B])Oc1nc(C(=O)N2CCN(C(=O)OC(C)(C)C)C[C@@H]2CO)c(F)cc1Br. The van der Waals surface area contributed by atoms with Crippen LogP contribution in [0, 0.1) is 5.82 Å². The Balaban J connectivity index is 2.23. The minimum atomic E-state index is -2.10. The molecule has 1 aliphatic rings. The van der Waals surface area contributed by atoms with E-state index in [0.29, 0.717) is 0 Å². The van der Waals surface area contributed by atoms with Crippen molar-refractivity contribution in [3.63, 3.8) is 0 Å². The third-order valence-corrected chi connectivity index (χ3v) is 4.55. The van der Waals surface area contributed by atoms with Gasteiger partial charge in [-0.1, -0.05) is 0 Å². The molecule has 8 nitrogen and oxygen atoms in total. The molecule has 0 bridgehead atoms. The van der Waals surface area contributed by atoms with Crippen molar-refractivity contribution in [3.8, 4) is 5.88 Å². The topological polar surface area (TPSA) is 92.2 Å². The summed E-state index contributed by atoms with van der Waals surface area (Å²) in [7, 11) is 16.1. The van der Waals surface area contributed by atoms with Gasteiger partial charge in [-0.15, -0.1) is 0 Å². The molecule has 156 valence electrons. The lowest BCUT2D eigenvalue weighted by Crippen LogP contribution is -2.58. The van der Waals surface area contributed by atoms with Gasteiger partial charge in [0, 0.05) is 19.6 Å². The van der Waals surface area contributed by atoms with Crippen LogP contribution in [-0.4, -0.2) is 98.6 Å². The van der Waals surface area contributed by atoms with E-state index in [1.165, 1.54) is 9.80 Å². The minimum Gasteiger partial charge on any atom is -0.500 e. The summed E-state index contributed by atoms with van der Waals surface area (Å²) >= 11 is 3.04. The van der Waals surface area contributed by atoms with Gasteiger partial charge in [0.1, 0.15) is 29.1 Å². The summed E-state index contributed by atoms with van der Waals surface area (Å²) in [4.78, 5) is 31.7. The molecular weight excluding hydrogens is 458 g/mol. The Morgan fingerprint density at radius 2 is 1.97 bits per heavy atom. The van der Waals surface area contributed by atoms with Gasteiger partial charge in [0.05, 0.1) is 17.1 Å². The van der Waals surface area contributed by atoms with E-state index in [0.717, 1.165) is 6.07 Å². The normalized spacial score (nSPS) is 17.6. The van der Waals surface area contributed by atoms with Crippen LogP contribution in [0.1, 0.15) is 31.3 Å². The monoisotopic (exact) mass is 477 g/mol. The Kier molecular flexibility index (Phi) is 7.50. The van der Waals surface area contributed by atoms with E-state index in [-0.39, 0.29) is 30.0 Å². The molecule has 1 aliphatic heterocycles. The van der Waals surface area contributed by atoms with Crippen LogP contribution in [0.4, 0.5) is 9.18 Å². The standard InChI is InChI=1S/C17H20B3BrFN3O5/c1-16(2,3)30-15(28)24-4-5-25(9(7-24)8-26)14(27)12-11(22)6-10(21)13(23-12)29-17(18,19)20/h6,9,26H,4-5,7-8H2,1-3H3/t9-/m1/s1. The van der Waals surface area contributed by atoms with Gasteiger partial charge in [-0.25, -0.2) is 14.2 Å². The molecule has 1 aromatic heterocycles. The molecule has 0 saturated carbocycles. The second kappa shape index (κ2) is 9.17. The molecule has 0 aliphatic carbocycles. The van der Waals surface area contributed by atoms with Crippen LogP contribution in [0.3, 0.4) is 0 Å². The number of carbonyl (C=O) groups is 2. The molecule has 0 unspecified atom stereocenters. The molecule has 1 fully saturated rings. The first kappa shape index (κ1) is 24.5. The third-order valence-electron chi connectivity index (χ3n) is 3.98. The zero-order valence-electron chi connectivity index (χ0n) is 16.9. The van der Waals surface area contributed by atoms with Crippen LogP contribution >= 0.6 is 15.9 Å². The number of hydrogen-bond acceptors (Lipinski definition) is 6. The first-order valence-corrected chi connectivity index (χ1v) is 9.82. The Morgan fingerprint density at radius 1 is 1.33 bits per heavy atom.